The lowest BCUT2D eigenvalue weighted by atomic mass is 10.4. The fourth-order valence-electron chi connectivity index (χ4n) is 1.06. The van der Waals surface area contributed by atoms with E-state index in [9.17, 15) is 0 Å². The van der Waals surface area contributed by atoms with Gasteiger partial charge in [-0.15, -0.1) is 0 Å². The molecule has 1 rings (SSSR count). The maximum atomic E-state index is 8.43. The lowest BCUT2D eigenvalue weighted by Gasteiger charge is -1.97. The average Bonchev–Trinajstić information content (AvgIpc) is 2.54. The summed E-state index contributed by atoms with van der Waals surface area (Å²) < 4.78 is 1.78. The Kier molecular flexibility index (Phi) is 4.00. The van der Waals surface area contributed by atoms with Crippen molar-refractivity contribution in [1.82, 2.24) is 14.9 Å². The molecule has 0 aliphatic rings. The molecule has 0 unspecified atom stereocenters. The maximum absolute atomic E-state index is 8.43. The third kappa shape index (κ3) is 3.26. The Morgan fingerprint density at radius 1 is 1.69 bits per heavy atom. The molecule has 1 heterocycles. The Hall–Kier alpha value is -1.34. The highest BCUT2D eigenvalue weighted by atomic mass is 15.0. The van der Waals surface area contributed by atoms with E-state index in [2.05, 4.69) is 23.3 Å². The Labute approximate surface area is 78.2 Å². The summed E-state index contributed by atoms with van der Waals surface area (Å²) in [5.74, 6) is 0. The SMILES string of the molecule is CCCNCc1cn(CC#N)cn1. The monoisotopic (exact) mass is 178 g/mol. The van der Waals surface area contributed by atoms with Crippen LogP contribution in [0.25, 0.3) is 0 Å². The van der Waals surface area contributed by atoms with E-state index >= 15 is 0 Å². The Morgan fingerprint density at radius 2 is 2.54 bits per heavy atom. The highest BCUT2D eigenvalue weighted by Crippen LogP contribution is 1.94. The molecular weight excluding hydrogens is 164 g/mol. The van der Waals surface area contributed by atoms with Crippen molar-refractivity contribution in [3.63, 3.8) is 0 Å². The van der Waals surface area contributed by atoms with E-state index in [0.29, 0.717) is 6.54 Å². The number of nitriles is 1. The van der Waals surface area contributed by atoms with Gasteiger partial charge in [-0.25, -0.2) is 4.98 Å². The molecule has 0 aromatic carbocycles. The van der Waals surface area contributed by atoms with Gasteiger partial charge in [0.2, 0.25) is 0 Å². The zero-order chi connectivity index (χ0) is 9.52. The van der Waals surface area contributed by atoms with E-state index in [0.717, 1.165) is 25.2 Å². The molecule has 0 saturated heterocycles. The molecule has 0 atom stereocenters. The van der Waals surface area contributed by atoms with Crippen LogP contribution in [0.5, 0.6) is 0 Å². The minimum atomic E-state index is 0.376. The molecule has 0 aliphatic carbocycles. The Morgan fingerprint density at radius 3 is 3.23 bits per heavy atom. The molecule has 0 saturated carbocycles. The number of nitrogens with one attached hydrogen (secondary N) is 1. The molecule has 0 radical (unpaired) electrons. The largest absolute Gasteiger partial charge is 0.323 e. The van der Waals surface area contributed by atoms with Crippen LogP contribution >= 0.6 is 0 Å². The van der Waals surface area contributed by atoms with Crippen LogP contribution in [0.15, 0.2) is 12.5 Å². The first-order chi connectivity index (χ1) is 6.36. The predicted octanol–water partition coefficient (Wildman–Crippen LogP) is 0.906. The van der Waals surface area contributed by atoms with E-state index in [1.54, 1.807) is 10.9 Å². The minimum absolute atomic E-state index is 0.376. The second kappa shape index (κ2) is 5.33. The van der Waals surface area contributed by atoms with Crippen molar-refractivity contribution in [2.75, 3.05) is 6.54 Å². The highest BCUT2D eigenvalue weighted by Gasteiger charge is 1.96. The van der Waals surface area contributed by atoms with Gasteiger partial charge in [-0.2, -0.15) is 5.26 Å². The molecular formula is C9H14N4. The normalized spacial score (nSPS) is 9.85. The standard InChI is InChI=1S/C9H14N4/c1-2-4-11-6-9-7-13(5-3-10)8-12-9/h7-8,11H,2,4-6H2,1H3. The summed E-state index contributed by atoms with van der Waals surface area (Å²) in [6.07, 6.45) is 4.71. The van der Waals surface area contributed by atoms with Crippen LogP contribution in [0.3, 0.4) is 0 Å². The van der Waals surface area contributed by atoms with Gasteiger partial charge in [0.1, 0.15) is 6.54 Å². The molecule has 0 aliphatic heterocycles. The fourth-order valence-corrected chi connectivity index (χ4v) is 1.06. The van der Waals surface area contributed by atoms with Gasteiger partial charge >= 0.3 is 0 Å². The van der Waals surface area contributed by atoms with Crippen LogP contribution in [0, 0.1) is 11.3 Å². The quantitative estimate of drug-likeness (QED) is 0.682. The molecule has 0 bridgehead atoms. The van der Waals surface area contributed by atoms with E-state index in [1.165, 1.54) is 0 Å². The first-order valence-electron chi connectivity index (χ1n) is 4.45. The molecule has 1 N–H and O–H groups in total. The average molecular weight is 178 g/mol. The smallest absolute Gasteiger partial charge is 0.111 e. The van der Waals surface area contributed by atoms with Crippen molar-refractivity contribution in [3.8, 4) is 6.07 Å². The summed E-state index contributed by atoms with van der Waals surface area (Å²) in [6, 6.07) is 2.07. The van der Waals surface area contributed by atoms with Gasteiger partial charge in [0.15, 0.2) is 0 Å². The Bertz CT molecular complexity index is 284. The van der Waals surface area contributed by atoms with E-state index in [1.807, 2.05) is 6.20 Å². The molecule has 4 heteroatoms. The van der Waals surface area contributed by atoms with Gasteiger partial charge < -0.3 is 9.88 Å². The summed E-state index contributed by atoms with van der Waals surface area (Å²) >= 11 is 0. The van der Waals surface area contributed by atoms with Gasteiger partial charge in [0.25, 0.3) is 0 Å². The maximum Gasteiger partial charge on any atom is 0.111 e. The third-order valence-corrected chi connectivity index (χ3v) is 1.67. The van der Waals surface area contributed by atoms with E-state index in [-0.39, 0.29) is 0 Å². The lowest BCUT2D eigenvalue weighted by molar-refractivity contribution is 0.665. The fraction of sp³-hybridized carbons (Fsp3) is 0.556. The van der Waals surface area contributed by atoms with E-state index in [4.69, 9.17) is 5.26 Å². The van der Waals surface area contributed by atoms with E-state index < -0.39 is 0 Å². The van der Waals surface area contributed by atoms with Crippen LogP contribution in [0.4, 0.5) is 0 Å². The van der Waals surface area contributed by atoms with Crippen molar-refractivity contribution < 1.29 is 0 Å². The molecule has 0 spiro atoms. The number of rotatable bonds is 5. The summed E-state index contributed by atoms with van der Waals surface area (Å²) in [5, 5.41) is 11.7. The van der Waals surface area contributed by atoms with Crippen LogP contribution in [-0.4, -0.2) is 16.1 Å². The first-order valence-corrected chi connectivity index (χ1v) is 4.45. The van der Waals surface area contributed by atoms with Crippen molar-refractivity contribution in [1.29, 1.82) is 5.26 Å². The molecule has 0 fully saturated rings. The number of hydrogen-bond acceptors (Lipinski definition) is 3. The van der Waals surface area contributed by atoms with Gasteiger partial charge in [0.05, 0.1) is 18.1 Å². The number of hydrogen-bond donors (Lipinski definition) is 1. The third-order valence-electron chi connectivity index (χ3n) is 1.67. The highest BCUT2D eigenvalue weighted by molar-refractivity contribution is 4.97. The Balaban J connectivity index is 2.36. The van der Waals surface area contributed by atoms with Gasteiger partial charge in [0, 0.05) is 12.7 Å². The van der Waals surface area contributed by atoms with Crippen molar-refractivity contribution in [3.05, 3.63) is 18.2 Å². The van der Waals surface area contributed by atoms with Crippen molar-refractivity contribution in [2.45, 2.75) is 26.4 Å². The summed E-state index contributed by atoms with van der Waals surface area (Å²) in [7, 11) is 0. The molecule has 0 amide bonds. The molecule has 4 nitrogen and oxygen atoms in total. The van der Waals surface area contributed by atoms with Gasteiger partial charge in [-0.3, -0.25) is 0 Å². The summed E-state index contributed by atoms with van der Waals surface area (Å²) in [5.41, 5.74) is 0.990. The summed E-state index contributed by atoms with van der Waals surface area (Å²) in [4.78, 5) is 4.16. The number of aromatic nitrogens is 2. The molecule has 1 aromatic heterocycles. The van der Waals surface area contributed by atoms with Crippen LogP contribution < -0.4 is 5.32 Å². The van der Waals surface area contributed by atoms with Crippen LogP contribution in [0.1, 0.15) is 19.0 Å². The lowest BCUT2D eigenvalue weighted by Crippen LogP contribution is -2.13. The predicted molar refractivity (Wildman–Crippen MR) is 49.8 cm³/mol. The van der Waals surface area contributed by atoms with Crippen LogP contribution in [0.2, 0.25) is 0 Å². The van der Waals surface area contributed by atoms with Gasteiger partial charge in [-0.1, -0.05) is 6.92 Å². The molecule has 13 heavy (non-hydrogen) atoms. The molecule has 1 aromatic rings. The zero-order valence-electron chi connectivity index (χ0n) is 7.82. The zero-order valence-corrected chi connectivity index (χ0v) is 7.82. The molecule has 70 valence electrons. The first kappa shape index (κ1) is 9.75. The second-order valence-corrected chi connectivity index (χ2v) is 2.87. The van der Waals surface area contributed by atoms with Gasteiger partial charge in [-0.05, 0) is 13.0 Å². The topological polar surface area (TPSA) is 53.6 Å². The van der Waals surface area contributed by atoms with Crippen molar-refractivity contribution in [2.24, 2.45) is 0 Å². The number of imidazole rings is 1. The summed E-state index contributed by atoms with van der Waals surface area (Å²) in [6.45, 7) is 4.29. The van der Waals surface area contributed by atoms with Crippen molar-refractivity contribution >= 4 is 0 Å². The number of nitrogens with zero attached hydrogens (tertiary/aromatic N) is 3. The minimum Gasteiger partial charge on any atom is -0.323 e. The second-order valence-electron chi connectivity index (χ2n) is 2.87. The van der Waals surface area contributed by atoms with Crippen LogP contribution in [-0.2, 0) is 13.1 Å².